The molecule has 0 N–H and O–H groups in total. The second kappa shape index (κ2) is 3.74. The highest BCUT2D eigenvalue weighted by Crippen LogP contribution is 2.44. The topological polar surface area (TPSA) is 18.5 Å². The normalized spacial score (nSPS) is 41.2. The molecule has 2 nitrogen and oxygen atoms in total. The molecule has 0 aromatic carbocycles. The van der Waals surface area contributed by atoms with E-state index in [1.165, 1.54) is 0 Å². The van der Waals surface area contributed by atoms with Crippen molar-refractivity contribution in [3.63, 3.8) is 0 Å². The average molecular weight is 212 g/mol. The lowest BCUT2D eigenvalue weighted by Gasteiger charge is -2.29. The Morgan fingerprint density at radius 3 is 2.13 bits per heavy atom. The number of hydrogen-bond acceptors (Lipinski definition) is 2. The van der Waals surface area contributed by atoms with E-state index in [0.29, 0.717) is 35.4 Å². The zero-order valence-electron chi connectivity index (χ0n) is 10.6. The summed E-state index contributed by atoms with van der Waals surface area (Å²) >= 11 is 0. The van der Waals surface area contributed by atoms with E-state index in [0.717, 1.165) is 13.2 Å². The van der Waals surface area contributed by atoms with E-state index in [9.17, 15) is 0 Å². The summed E-state index contributed by atoms with van der Waals surface area (Å²) in [5.41, 5.74) is 0.297. The lowest BCUT2D eigenvalue weighted by molar-refractivity contribution is 0.0322. The summed E-state index contributed by atoms with van der Waals surface area (Å²) in [4.78, 5) is 0. The third kappa shape index (κ3) is 1.94. The zero-order chi connectivity index (χ0) is 11.2. The number of rotatable bonds is 1. The van der Waals surface area contributed by atoms with Gasteiger partial charge in [0.25, 0.3) is 0 Å². The van der Waals surface area contributed by atoms with Crippen LogP contribution in [0.25, 0.3) is 0 Å². The summed E-state index contributed by atoms with van der Waals surface area (Å²) in [6, 6.07) is 0. The van der Waals surface area contributed by atoms with E-state index >= 15 is 0 Å². The molecule has 2 aliphatic heterocycles. The van der Waals surface area contributed by atoms with Crippen molar-refractivity contribution in [3.8, 4) is 0 Å². The van der Waals surface area contributed by atoms with Crippen molar-refractivity contribution in [2.75, 3.05) is 13.2 Å². The summed E-state index contributed by atoms with van der Waals surface area (Å²) in [5.74, 6) is 1.83. The lowest BCUT2D eigenvalue weighted by Crippen LogP contribution is -2.34. The minimum absolute atomic E-state index is 0.297. The molecule has 2 fully saturated rings. The van der Waals surface area contributed by atoms with Gasteiger partial charge >= 0.3 is 0 Å². The Labute approximate surface area is 93.3 Å². The molecule has 1 unspecified atom stereocenters. The zero-order valence-corrected chi connectivity index (χ0v) is 10.6. The molecule has 2 heterocycles. The van der Waals surface area contributed by atoms with Crippen LogP contribution in [-0.4, -0.2) is 25.4 Å². The molecule has 0 aliphatic carbocycles. The van der Waals surface area contributed by atoms with Crippen molar-refractivity contribution in [1.82, 2.24) is 0 Å². The van der Waals surface area contributed by atoms with Gasteiger partial charge in [-0.3, -0.25) is 0 Å². The summed E-state index contributed by atoms with van der Waals surface area (Å²) in [5, 5.41) is 0. The van der Waals surface area contributed by atoms with Crippen LogP contribution < -0.4 is 0 Å². The second-order valence-electron chi connectivity index (χ2n) is 6.48. The smallest absolute Gasteiger partial charge is 0.0895 e. The van der Waals surface area contributed by atoms with Crippen LogP contribution in [0.4, 0.5) is 0 Å². The number of ether oxygens (including phenoxy) is 2. The fourth-order valence-corrected chi connectivity index (χ4v) is 2.84. The van der Waals surface area contributed by atoms with Gasteiger partial charge in [-0.25, -0.2) is 0 Å². The fraction of sp³-hybridized carbons (Fsp3) is 1.00. The highest BCUT2D eigenvalue weighted by atomic mass is 16.6. The molecule has 2 heteroatoms. The Balaban J connectivity index is 2.09. The second-order valence-corrected chi connectivity index (χ2v) is 6.48. The van der Waals surface area contributed by atoms with Gasteiger partial charge in [0, 0.05) is 11.8 Å². The lowest BCUT2D eigenvalue weighted by atomic mass is 9.76. The Bertz CT molecular complexity index is 229. The van der Waals surface area contributed by atoms with Gasteiger partial charge < -0.3 is 9.47 Å². The number of hydrogen-bond donors (Lipinski definition) is 0. The molecule has 0 aromatic rings. The molecular weight excluding hydrogens is 188 g/mol. The Hall–Kier alpha value is -0.0800. The molecule has 88 valence electrons. The van der Waals surface area contributed by atoms with E-state index in [2.05, 4.69) is 34.6 Å². The van der Waals surface area contributed by atoms with Crippen LogP contribution in [-0.2, 0) is 9.47 Å². The first-order chi connectivity index (χ1) is 6.91. The van der Waals surface area contributed by atoms with Crippen LogP contribution in [0.2, 0.25) is 0 Å². The molecule has 4 atom stereocenters. The molecule has 2 rings (SSSR count). The van der Waals surface area contributed by atoms with Crippen molar-refractivity contribution in [1.29, 1.82) is 0 Å². The van der Waals surface area contributed by atoms with Crippen LogP contribution in [0, 0.1) is 23.2 Å². The maximum atomic E-state index is 5.96. The maximum absolute atomic E-state index is 5.96. The number of fused-ring (bicyclic) bond motifs is 1. The van der Waals surface area contributed by atoms with Gasteiger partial charge in [0.05, 0.1) is 25.4 Å². The van der Waals surface area contributed by atoms with E-state index in [-0.39, 0.29) is 0 Å². The van der Waals surface area contributed by atoms with Gasteiger partial charge in [-0.2, -0.15) is 0 Å². The van der Waals surface area contributed by atoms with Crippen LogP contribution in [0.1, 0.15) is 34.6 Å². The van der Waals surface area contributed by atoms with Gasteiger partial charge in [-0.15, -0.1) is 0 Å². The third-order valence-corrected chi connectivity index (χ3v) is 4.06. The fourth-order valence-electron chi connectivity index (χ4n) is 2.84. The van der Waals surface area contributed by atoms with Crippen LogP contribution in [0.3, 0.4) is 0 Å². The van der Waals surface area contributed by atoms with Gasteiger partial charge in [0.15, 0.2) is 0 Å². The predicted molar refractivity (Wildman–Crippen MR) is 60.8 cm³/mol. The molecule has 0 amide bonds. The van der Waals surface area contributed by atoms with Crippen LogP contribution in [0.15, 0.2) is 0 Å². The maximum Gasteiger partial charge on any atom is 0.0895 e. The van der Waals surface area contributed by atoms with Crippen LogP contribution in [0.5, 0.6) is 0 Å². The summed E-state index contributed by atoms with van der Waals surface area (Å²) < 4.78 is 11.9. The largest absolute Gasteiger partial charge is 0.375 e. The highest BCUT2D eigenvalue weighted by molar-refractivity contribution is 4.98. The molecule has 0 spiro atoms. The first-order valence-electron chi connectivity index (χ1n) is 6.14. The van der Waals surface area contributed by atoms with Crippen LogP contribution >= 0.6 is 0 Å². The van der Waals surface area contributed by atoms with Gasteiger partial charge in [-0.1, -0.05) is 34.6 Å². The molecule has 0 radical (unpaired) electrons. The Morgan fingerprint density at radius 1 is 1.00 bits per heavy atom. The Kier molecular flexibility index (Phi) is 2.85. The highest BCUT2D eigenvalue weighted by Gasteiger charge is 2.51. The molecule has 0 bridgehead atoms. The van der Waals surface area contributed by atoms with E-state index in [4.69, 9.17) is 9.47 Å². The van der Waals surface area contributed by atoms with Crippen molar-refractivity contribution < 1.29 is 9.47 Å². The average Bonchev–Trinajstić information content (AvgIpc) is 2.56. The predicted octanol–water partition coefficient (Wildman–Crippen LogP) is 2.72. The van der Waals surface area contributed by atoms with Gasteiger partial charge in [-0.05, 0) is 11.3 Å². The SMILES string of the molecule is CC(C)C1CO[C@H]2[C@@H]1OC[C@H]2C(C)(C)C. The molecule has 15 heavy (non-hydrogen) atoms. The van der Waals surface area contributed by atoms with Crippen molar-refractivity contribution in [2.24, 2.45) is 23.2 Å². The van der Waals surface area contributed by atoms with E-state index in [1.54, 1.807) is 0 Å². The molecule has 2 saturated heterocycles. The minimum atomic E-state index is 0.297. The first-order valence-corrected chi connectivity index (χ1v) is 6.14. The van der Waals surface area contributed by atoms with Gasteiger partial charge in [0.1, 0.15) is 0 Å². The minimum Gasteiger partial charge on any atom is -0.375 e. The van der Waals surface area contributed by atoms with Crippen molar-refractivity contribution >= 4 is 0 Å². The quantitative estimate of drug-likeness (QED) is 0.665. The van der Waals surface area contributed by atoms with E-state index in [1.807, 2.05) is 0 Å². The third-order valence-electron chi connectivity index (χ3n) is 4.06. The first kappa shape index (κ1) is 11.4. The Morgan fingerprint density at radius 2 is 1.60 bits per heavy atom. The standard InChI is InChI=1S/C13H24O2/c1-8(2)9-6-14-12-10(13(3,4)5)7-15-11(9)12/h8-12H,6-7H2,1-5H3/t9?,10-,11-,12-/m1/s1. The summed E-state index contributed by atoms with van der Waals surface area (Å²) in [6.45, 7) is 13.2. The summed E-state index contributed by atoms with van der Waals surface area (Å²) in [7, 11) is 0. The monoisotopic (exact) mass is 212 g/mol. The van der Waals surface area contributed by atoms with Gasteiger partial charge in [0.2, 0.25) is 0 Å². The molecular formula is C13H24O2. The van der Waals surface area contributed by atoms with Crippen molar-refractivity contribution in [3.05, 3.63) is 0 Å². The molecule has 0 saturated carbocycles. The summed E-state index contributed by atoms with van der Waals surface area (Å²) in [6.07, 6.45) is 0.701. The molecule has 0 aromatic heterocycles. The van der Waals surface area contributed by atoms with E-state index < -0.39 is 0 Å². The molecule has 2 aliphatic rings. The van der Waals surface area contributed by atoms with Crippen molar-refractivity contribution in [2.45, 2.75) is 46.8 Å².